The highest BCUT2D eigenvalue weighted by atomic mass is 16.5. The third-order valence-corrected chi connectivity index (χ3v) is 3.46. The zero-order valence-electron chi connectivity index (χ0n) is 12.2. The van der Waals surface area contributed by atoms with E-state index in [9.17, 15) is 4.79 Å². The average Bonchev–Trinajstić information content (AvgIpc) is 2.68. The summed E-state index contributed by atoms with van der Waals surface area (Å²) in [4.78, 5) is 11.1. The van der Waals surface area contributed by atoms with Crippen molar-refractivity contribution in [3.05, 3.63) is 18.2 Å². The predicted octanol–water partition coefficient (Wildman–Crippen LogP) is 2.21. The quantitative estimate of drug-likeness (QED) is 0.789. The van der Waals surface area contributed by atoms with Crippen molar-refractivity contribution in [2.24, 2.45) is 0 Å². The van der Waals surface area contributed by atoms with E-state index in [1.165, 1.54) is 19.8 Å². The van der Waals surface area contributed by atoms with Gasteiger partial charge < -0.3 is 20.7 Å². The fourth-order valence-corrected chi connectivity index (χ4v) is 2.47. The maximum Gasteiger partial charge on any atom is 0.221 e. The number of ether oxygens (including phenoxy) is 1. The zero-order valence-corrected chi connectivity index (χ0v) is 12.2. The number of carbonyl (C=O) groups excluding carboxylic acids is 1. The number of amides is 1. The molecule has 1 saturated heterocycles. The number of hydrogen-bond acceptors (Lipinski definition) is 4. The van der Waals surface area contributed by atoms with Crippen LogP contribution >= 0.6 is 0 Å². The van der Waals surface area contributed by atoms with Crippen molar-refractivity contribution in [3.8, 4) is 5.75 Å². The first-order valence-corrected chi connectivity index (χ1v) is 7.12. The molecular formula is C15H23N3O2. The van der Waals surface area contributed by atoms with Gasteiger partial charge in [-0.1, -0.05) is 0 Å². The molecule has 0 spiro atoms. The van der Waals surface area contributed by atoms with Crippen LogP contribution in [0.3, 0.4) is 0 Å². The number of carbonyl (C=O) groups is 1. The van der Waals surface area contributed by atoms with E-state index in [1.807, 2.05) is 18.2 Å². The number of rotatable bonds is 4. The molecule has 0 saturated carbocycles. The SMILES string of the molecule is COc1cc(NC2CCCNCC2)ccc1NC(C)=O. The lowest BCUT2D eigenvalue weighted by atomic mass is 10.1. The molecule has 1 aliphatic heterocycles. The Bertz CT molecular complexity index is 454. The van der Waals surface area contributed by atoms with Crippen LogP contribution in [0.5, 0.6) is 5.75 Å². The highest BCUT2D eigenvalue weighted by Crippen LogP contribution is 2.28. The summed E-state index contributed by atoms with van der Waals surface area (Å²) in [6.45, 7) is 3.64. The highest BCUT2D eigenvalue weighted by molar-refractivity contribution is 5.90. The number of hydrogen-bond donors (Lipinski definition) is 3. The summed E-state index contributed by atoms with van der Waals surface area (Å²) >= 11 is 0. The Balaban J connectivity index is 2.06. The van der Waals surface area contributed by atoms with E-state index in [1.54, 1.807) is 7.11 Å². The summed E-state index contributed by atoms with van der Waals surface area (Å²) < 4.78 is 5.33. The lowest BCUT2D eigenvalue weighted by Gasteiger charge is -2.19. The van der Waals surface area contributed by atoms with Crippen molar-refractivity contribution in [2.75, 3.05) is 30.8 Å². The third kappa shape index (κ3) is 4.13. The maximum atomic E-state index is 11.1. The van der Waals surface area contributed by atoms with Crippen molar-refractivity contribution in [1.29, 1.82) is 0 Å². The normalized spacial score (nSPS) is 19.0. The average molecular weight is 277 g/mol. The van der Waals surface area contributed by atoms with Crippen LogP contribution < -0.4 is 20.7 Å². The van der Waals surface area contributed by atoms with Crippen LogP contribution in [-0.4, -0.2) is 32.1 Å². The Morgan fingerprint density at radius 1 is 1.35 bits per heavy atom. The highest BCUT2D eigenvalue weighted by Gasteiger charge is 2.13. The Morgan fingerprint density at radius 3 is 2.95 bits per heavy atom. The zero-order chi connectivity index (χ0) is 14.4. The smallest absolute Gasteiger partial charge is 0.221 e. The van der Waals surface area contributed by atoms with Crippen LogP contribution in [0.4, 0.5) is 11.4 Å². The van der Waals surface area contributed by atoms with Crippen LogP contribution in [0.25, 0.3) is 0 Å². The summed E-state index contributed by atoms with van der Waals surface area (Å²) in [6.07, 6.45) is 3.48. The Hall–Kier alpha value is -1.75. The summed E-state index contributed by atoms with van der Waals surface area (Å²) in [5, 5.41) is 9.71. The molecule has 5 heteroatoms. The molecule has 20 heavy (non-hydrogen) atoms. The van der Waals surface area contributed by atoms with E-state index >= 15 is 0 Å². The second kappa shape index (κ2) is 7.14. The minimum atomic E-state index is -0.0983. The second-order valence-electron chi connectivity index (χ2n) is 5.12. The third-order valence-electron chi connectivity index (χ3n) is 3.46. The van der Waals surface area contributed by atoms with E-state index < -0.39 is 0 Å². The molecule has 0 bridgehead atoms. The van der Waals surface area contributed by atoms with Gasteiger partial charge in [0.25, 0.3) is 0 Å². The first-order chi connectivity index (χ1) is 9.69. The van der Waals surface area contributed by atoms with Gasteiger partial charge in [-0.2, -0.15) is 0 Å². The number of methoxy groups -OCH3 is 1. The number of benzene rings is 1. The number of anilines is 2. The summed E-state index contributed by atoms with van der Waals surface area (Å²) in [7, 11) is 1.61. The minimum absolute atomic E-state index is 0.0983. The van der Waals surface area contributed by atoms with Gasteiger partial charge in [0.1, 0.15) is 5.75 Å². The second-order valence-corrected chi connectivity index (χ2v) is 5.12. The molecule has 0 aliphatic carbocycles. The van der Waals surface area contributed by atoms with Gasteiger partial charge in [0, 0.05) is 24.7 Å². The van der Waals surface area contributed by atoms with Crippen LogP contribution in [0.2, 0.25) is 0 Å². The molecule has 1 atom stereocenters. The monoisotopic (exact) mass is 277 g/mol. The van der Waals surface area contributed by atoms with E-state index in [0.29, 0.717) is 17.5 Å². The van der Waals surface area contributed by atoms with Crippen LogP contribution in [0.1, 0.15) is 26.2 Å². The lowest BCUT2D eigenvalue weighted by Crippen LogP contribution is -2.21. The number of nitrogens with one attached hydrogen (secondary N) is 3. The first kappa shape index (κ1) is 14.7. The molecule has 1 aromatic carbocycles. The molecule has 1 fully saturated rings. The molecule has 1 heterocycles. The molecule has 0 radical (unpaired) electrons. The van der Waals surface area contributed by atoms with Gasteiger partial charge in [0.2, 0.25) is 5.91 Å². The molecule has 1 aromatic rings. The molecule has 110 valence electrons. The molecule has 1 aliphatic rings. The molecule has 2 rings (SSSR count). The van der Waals surface area contributed by atoms with E-state index in [-0.39, 0.29) is 5.91 Å². The molecule has 5 nitrogen and oxygen atoms in total. The van der Waals surface area contributed by atoms with Gasteiger partial charge >= 0.3 is 0 Å². The molecule has 3 N–H and O–H groups in total. The molecule has 1 unspecified atom stereocenters. The Morgan fingerprint density at radius 2 is 2.20 bits per heavy atom. The topological polar surface area (TPSA) is 62.4 Å². The first-order valence-electron chi connectivity index (χ1n) is 7.12. The Kier molecular flexibility index (Phi) is 5.24. The fourth-order valence-electron chi connectivity index (χ4n) is 2.47. The Labute approximate surface area is 120 Å². The maximum absolute atomic E-state index is 11.1. The molecule has 0 aromatic heterocycles. The van der Waals surface area contributed by atoms with Gasteiger partial charge in [-0.25, -0.2) is 0 Å². The van der Waals surface area contributed by atoms with Crippen molar-refractivity contribution >= 4 is 17.3 Å². The van der Waals surface area contributed by atoms with Crippen molar-refractivity contribution in [2.45, 2.75) is 32.2 Å². The lowest BCUT2D eigenvalue weighted by molar-refractivity contribution is -0.114. The van der Waals surface area contributed by atoms with E-state index in [0.717, 1.165) is 25.2 Å². The van der Waals surface area contributed by atoms with Crippen LogP contribution in [0, 0.1) is 0 Å². The predicted molar refractivity (Wildman–Crippen MR) is 81.4 cm³/mol. The largest absolute Gasteiger partial charge is 0.494 e. The summed E-state index contributed by atoms with van der Waals surface area (Å²) in [6, 6.07) is 6.27. The van der Waals surface area contributed by atoms with Gasteiger partial charge in [-0.15, -0.1) is 0 Å². The van der Waals surface area contributed by atoms with Gasteiger partial charge in [-0.3, -0.25) is 4.79 Å². The fraction of sp³-hybridized carbons (Fsp3) is 0.533. The summed E-state index contributed by atoms with van der Waals surface area (Å²) in [5.41, 5.74) is 1.73. The van der Waals surface area contributed by atoms with Gasteiger partial charge in [-0.05, 0) is 44.5 Å². The van der Waals surface area contributed by atoms with Gasteiger partial charge in [0.15, 0.2) is 0 Å². The molecular weight excluding hydrogens is 254 g/mol. The summed E-state index contributed by atoms with van der Waals surface area (Å²) in [5.74, 6) is 0.579. The molecule has 1 amide bonds. The van der Waals surface area contributed by atoms with Crippen molar-refractivity contribution in [3.63, 3.8) is 0 Å². The minimum Gasteiger partial charge on any atom is -0.494 e. The van der Waals surface area contributed by atoms with Crippen molar-refractivity contribution < 1.29 is 9.53 Å². The van der Waals surface area contributed by atoms with Crippen LogP contribution in [-0.2, 0) is 4.79 Å². The van der Waals surface area contributed by atoms with Gasteiger partial charge in [0.05, 0.1) is 12.8 Å². The van der Waals surface area contributed by atoms with Crippen LogP contribution in [0.15, 0.2) is 18.2 Å². The van der Waals surface area contributed by atoms with E-state index in [4.69, 9.17) is 4.74 Å². The van der Waals surface area contributed by atoms with E-state index in [2.05, 4.69) is 16.0 Å². The van der Waals surface area contributed by atoms with Crippen molar-refractivity contribution in [1.82, 2.24) is 5.32 Å². The standard InChI is InChI=1S/C15H23N3O2/c1-11(19)17-14-6-5-13(10-15(14)20-2)18-12-4-3-8-16-9-7-12/h5-6,10,12,16,18H,3-4,7-9H2,1-2H3,(H,17,19).